The molecule has 70 heavy (non-hydrogen) atoms. The number of hydrogen-bond donors (Lipinski definition) is 0. The zero-order valence-electron chi connectivity index (χ0n) is 37.7. The summed E-state index contributed by atoms with van der Waals surface area (Å²) in [6.45, 7) is 13.4. The third-order valence-corrected chi connectivity index (χ3v) is 25.2. The van der Waals surface area contributed by atoms with Gasteiger partial charge in [-0.2, -0.15) is 17.5 Å². The number of aromatic nitrogens is 4. The molecule has 0 radical (unpaired) electrons. The van der Waals surface area contributed by atoms with Gasteiger partial charge >= 0.3 is 0 Å². The summed E-state index contributed by atoms with van der Waals surface area (Å²) in [7, 11) is 0. The van der Waals surface area contributed by atoms with E-state index in [1.165, 1.54) is 130 Å². The second-order valence-electron chi connectivity index (χ2n) is 17.6. The molecular weight excluding hydrogens is 1100 g/mol. The van der Waals surface area contributed by atoms with Crippen LogP contribution < -0.4 is 0 Å². The lowest BCUT2D eigenvalue weighted by molar-refractivity contribution is 1.57. The second-order valence-corrected chi connectivity index (χ2v) is 28.3. The van der Waals surface area contributed by atoms with Crippen molar-refractivity contribution in [1.82, 2.24) is 17.5 Å². The lowest BCUT2D eigenvalue weighted by Gasteiger charge is -2.05. The van der Waals surface area contributed by atoms with Crippen LogP contribution in [0.1, 0.15) is 32.0 Å². The molecule has 4 nitrogen and oxygen atoms in total. The van der Waals surface area contributed by atoms with Crippen LogP contribution in [-0.2, 0) is 0 Å². The molecule has 0 aliphatic rings. The highest BCUT2D eigenvalue weighted by Crippen LogP contribution is 2.52. The van der Waals surface area contributed by atoms with E-state index in [9.17, 15) is 0 Å². The quantitative estimate of drug-likeness (QED) is 0.160. The van der Waals surface area contributed by atoms with Gasteiger partial charge in [-0.15, -0.1) is 90.7 Å². The van der Waals surface area contributed by atoms with Crippen LogP contribution in [0, 0.1) is 41.5 Å². The first-order chi connectivity index (χ1) is 33.9. The average molecular weight is 1130 g/mol. The predicted octanol–water partition coefficient (Wildman–Crippen LogP) is 21.6. The Kier molecular flexibility index (Phi) is 10.6. The highest BCUT2D eigenvalue weighted by Gasteiger charge is 2.24. The first-order valence-electron chi connectivity index (χ1n) is 22.1. The largest absolute Gasteiger partial charge is 0.172 e. The summed E-state index contributed by atoms with van der Waals surface area (Å²) in [6.07, 6.45) is 0. The number of rotatable bonds is 7. The number of benzene rings is 4. The van der Waals surface area contributed by atoms with Crippen LogP contribution >= 0.6 is 137 Å². The third-order valence-electron chi connectivity index (χ3n) is 13.3. The zero-order valence-corrected chi connectivity index (χ0v) is 47.4. The van der Waals surface area contributed by atoms with Gasteiger partial charge in [0.25, 0.3) is 0 Å². The van der Waals surface area contributed by atoms with Crippen LogP contribution in [0.3, 0.4) is 0 Å². The summed E-state index contributed by atoms with van der Waals surface area (Å²) in [6, 6.07) is 31.5. The maximum atomic E-state index is 7.08. The molecule has 10 aromatic heterocycles. The van der Waals surface area contributed by atoms with Gasteiger partial charge in [-0.05, 0) is 146 Å². The summed E-state index contributed by atoms with van der Waals surface area (Å²) in [5.41, 5.74) is 13.4. The molecule has 16 heteroatoms. The van der Waals surface area contributed by atoms with Crippen molar-refractivity contribution in [3.63, 3.8) is 0 Å². The van der Waals surface area contributed by atoms with E-state index in [2.05, 4.69) is 120 Å². The van der Waals surface area contributed by atoms with Gasteiger partial charge in [-0.3, -0.25) is 0 Å². The Morgan fingerprint density at radius 1 is 0.314 bits per heavy atom. The SMILES string of the molecule is Cc1cc(Cl)c(-c2ccc(-c3sc(-c4cc5c(C)c6cc(-c7ccc(-c8ccc(-c9ccc(-c%10cc%11c(C)c%12sc(C)cc%12c(C)c%11s%10)s9)c9nsnc89)s7)sc6c(C)c5s4)cc3Cl)c3nsnc23)s1. The number of fused-ring (bicyclic) bond motifs is 6. The third kappa shape index (κ3) is 6.82. The highest BCUT2D eigenvalue weighted by atomic mass is 35.5. The van der Waals surface area contributed by atoms with Crippen LogP contribution in [0.15, 0.2) is 84.9 Å². The van der Waals surface area contributed by atoms with E-state index in [1.807, 2.05) is 74.1 Å². The van der Waals surface area contributed by atoms with E-state index in [4.69, 9.17) is 40.7 Å². The summed E-state index contributed by atoms with van der Waals surface area (Å²) in [5.74, 6) is 0. The van der Waals surface area contributed by atoms with E-state index >= 15 is 0 Å². The van der Waals surface area contributed by atoms with Crippen LogP contribution in [0.25, 0.3) is 133 Å². The predicted molar refractivity (Wildman–Crippen MR) is 318 cm³/mol. The minimum absolute atomic E-state index is 0.724. The molecule has 10 heterocycles. The molecule has 0 spiro atoms. The maximum Gasteiger partial charge on any atom is 0.114 e. The summed E-state index contributed by atoms with van der Waals surface area (Å²) < 4.78 is 24.7. The Morgan fingerprint density at radius 2 is 0.700 bits per heavy atom. The molecule has 0 saturated heterocycles. The van der Waals surface area contributed by atoms with Gasteiger partial charge in [0.2, 0.25) is 0 Å². The van der Waals surface area contributed by atoms with Gasteiger partial charge in [-0.1, -0.05) is 47.5 Å². The topological polar surface area (TPSA) is 51.6 Å². The van der Waals surface area contributed by atoms with E-state index in [1.54, 1.807) is 22.7 Å². The van der Waals surface area contributed by atoms with Gasteiger partial charge in [0.1, 0.15) is 22.1 Å². The highest BCUT2D eigenvalue weighted by molar-refractivity contribution is 7.30. The molecule has 0 N–H and O–H groups in total. The molecule has 0 unspecified atom stereocenters. The Bertz CT molecular complexity index is 4380. The number of thiophene rings is 8. The summed E-state index contributed by atoms with van der Waals surface area (Å²) in [5, 5.41) is 6.86. The molecule has 0 bridgehead atoms. The minimum atomic E-state index is 0.724. The van der Waals surface area contributed by atoms with Gasteiger partial charge in [0.15, 0.2) is 0 Å². The fourth-order valence-electron chi connectivity index (χ4n) is 9.84. The summed E-state index contributed by atoms with van der Waals surface area (Å²) in [4.78, 5) is 14.5. The van der Waals surface area contributed by atoms with E-state index in [0.717, 1.165) is 69.0 Å². The minimum Gasteiger partial charge on any atom is -0.172 e. The van der Waals surface area contributed by atoms with Gasteiger partial charge in [0.05, 0.1) is 43.3 Å². The monoisotopic (exact) mass is 1130 g/mol. The van der Waals surface area contributed by atoms with Gasteiger partial charge in [-0.25, -0.2) is 0 Å². The van der Waals surface area contributed by atoms with Crippen LogP contribution in [0.4, 0.5) is 0 Å². The Hall–Kier alpha value is -4.26. The first kappa shape index (κ1) is 44.4. The van der Waals surface area contributed by atoms with Crippen LogP contribution in [0.5, 0.6) is 0 Å². The first-order valence-corrected chi connectivity index (χ1v) is 30.9. The molecule has 0 saturated carbocycles. The molecule has 0 atom stereocenters. The number of nitrogens with zero attached hydrogens (tertiary/aromatic N) is 4. The van der Waals surface area contributed by atoms with Crippen molar-refractivity contribution in [1.29, 1.82) is 0 Å². The lowest BCUT2D eigenvalue weighted by atomic mass is 10.0. The standard InChI is InChI=1S/C54H32Cl2N4S10/c1-21-15-31-24(4)50-34(25(5)49(31)61-21)19-42(65-50)40-14-12-38(64-40)28-8-7-27(45-46(28)58-69-57-45)37-11-13-39(63-37)41-17-32-23(3)33-18-43(67-52(33)26(6)51(32)66-41)44-20-36(56)54(68-44)30-10-9-29(47-48(30)60-70-59-47)53-35(55)16-22(2)62-53/h7-20H,1-6H3. The smallest absolute Gasteiger partial charge is 0.114 e. The molecule has 14 rings (SSSR count). The number of aryl methyl sites for hydroxylation is 6. The molecule has 0 amide bonds. The normalized spacial score (nSPS) is 12.3. The molecule has 4 aromatic carbocycles. The Morgan fingerprint density at radius 3 is 1.23 bits per heavy atom. The van der Waals surface area contributed by atoms with E-state index in [-0.39, 0.29) is 0 Å². The molecule has 14 aromatic rings. The molecule has 0 aliphatic heterocycles. The van der Waals surface area contributed by atoms with Crippen molar-refractivity contribution >= 4 is 200 Å². The molecule has 342 valence electrons. The number of hydrogen-bond acceptors (Lipinski definition) is 14. The van der Waals surface area contributed by atoms with E-state index < -0.39 is 0 Å². The van der Waals surface area contributed by atoms with Crippen molar-refractivity contribution in [2.45, 2.75) is 41.5 Å². The average Bonchev–Trinajstić information content (AvgIpc) is 4.18. The fraction of sp³-hybridized carbons (Fsp3) is 0.111. The fourth-order valence-corrected chi connectivity index (χ4v) is 21.0. The van der Waals surface area contributed by atoms with Crippen molar-refractivity contribution in [3.05, 3.63) is 127 Å². The number of halogens is 2. The van der Waals surface area contributed by atoms with E-state index in [0.29, 0.717) is 0 Å². The van der Waals surface area contributed by atoms with Crippen LogP contribution in [-0.4, -0.2) is 17.5 Å². The Labute approximate surface area is 452 Å². The lowest BCUT2D eigenvalue weighted by Crippen LogP contribution is -1.83. The zero-order chi connectivity index (χ0) is 47.4. The van der Waals surface area contributed by atoms with Crippen LogP contribution in [0.2, 0.25) is 10.0 Å². The molecule has 0 aliphatic carbocycles. The molecule has 0 fully saturated rings. The maximum absolute atomic E-state index is 7.08. The van der Waals surface area contributed by atoms with Crippen molar-refractivity contribution < 1.29 is 0 Å². The van der Waals surface area contributed by atoms with Crippen molar-refractivity contribution in [2.75, 3.05) is 0 Å². The van der Waals surface area contributed by atoms with Gasteiger partial charge in [0, 0.05) is 89.8 Å². The second kappa shape index (κ2) is 16.6. The molecular formula is C54H32Cl2N4S10. The summed E-state index contributed by atoms with van der Waals surface area (Å²) >= 11 is 30.9. The van der Waals surface area contributed by atoms with Gasteiger partial charge < -0.3 is 0 Å². The Balaban J connectivity index is 0.759. The van der Waals surface area contributed by atoms with Crippen molar-refractivity contribution in [2.24, 2.45) is 0 Å². The van der Waals surface area contributed by atoms with Crippen molar-refractivity contribution in [3.8, 4) is 71.0 Å².